The van der Waals surface area contributed by atoms with Gasteiger partial charge in [0.05, 0.1) is 12.7 Å². The van der Waals surface area contributed by atoms with E-state index in [1.807, 2.05) is 12.1 Å². The summed E-state index contributed by atoms with van der Waals surface area (Å²) in [5.41, 5.74) is 6.60. The molecule has 0 radical (unpaired) electrons. The van der Waals surface area contributed by atoms with Gasteiger partial charge in [0.15, 0.2) is 5.69 Å². The van der Waals surface area contributed by atoms with Gasteiger partial charge in [-0.2, -0.15) is 0 Å². The Kier molecular flexibility index (Phi) is 3.98. The van der Waals surface area contributed by atoms with Gasteiger partial charge in [-0.1, -0.05) is 11.3 Å². The maximum Gasteiger partial charge on any atom is 0.273 e. The molecule has 0 aliphatic heterocycles. The zero-order chi connectivity index (χ0) is 12.8. The summed E-state index contributed by atoms with van der Waals surface area (Å²) < 4.78 is 1.54. The van der Waals surface area contributed by atoms with E-state index >= 15 is 0 Å². The highest BCUT2D eigenvalue weighted by atomic mass is 16.2. The van der Waals surface area contributed by atoms with E-state index in [4.69, 9.17) is 5.73 Å². The van der Waals surface area contributed by atoms with E-state index < -0.39 is 0 Å². The molecule has 3 N–H and O–H groups in total. The van der Waals surface area contributed by atoms with E-state index in [0.717, 1.165) is 5.56 Å². The molecule has 0 spiro atoms. The number of carbonyl (C=O) groups is 1. The van der Waals surface area contributed by atoms with Gasteiger partial charge < -0.3 is 11.1 Å². The van der Waals surface area contributed by atoms with Crippen molar-refractivity contribution in [1.29, 1.82) is 0 Å². The largest absolute Gasteiger partial charge is 0.346 e. The molecule has 1 amide bonds. The Morgan fingerprint density at radius 1 is 1.50 bits per heavy atom. The fourth-order valence-electron chi connectivity index (χ4n) is 1.42. The predicted molar refractivity (Wildman–Crippen MR) is 64.5 cm³/mol. The van der Waals surface area contributed by atoms with Crippen molar-refractivity contribution in [2.45, 2.75) is 13.1 Å². The highest BCUT2D eigenvalue weighted by Gasteiger charge is 2.09. The number of hydrogen-bond acceptors (Lipinski definition) is 5. The van der Waals surface area contributed by atoms with E-state index in [0.29, 0.717) is 19.6 Å². The molecule has 18 heavy (non-hydrogen) atoms. The lowest BCUT2D eigenvalue weighted by atomic mass is 10.3. The molecule has 2 aromatic rings. The number of pyridine rings is 1. The quantitative estimate of drug-likeness (QED) is 0.745. The third-order valence-corrected chi connectivity index (χ3v) is 2.31. The summed E-state index contributed by atoms with van der Waals surface area (Å²) in [6, 6.07) is 3.71. The lowest BCUT2D eigenvalue weighted by Gasteiger charge is -2.01. The van der Waals surface area contributed by atoms with Gasteiger partial charge >= 0.3 is 0 Å². The standard InChI is InChI=1S/C11H14N6O/c12-3-5-17-8-10(15-16-17)11(18)14-7-9-2-1-4-13-6-9/h1-2,4,6,8H,3,5,7,12H2,(H,14,18). The van der Waals surface area contributed by atoms with Crippen LogP contribution in [0, 0.1) is 0 Å². The van der Waals surface area contributed by atoms with Gasteiger partial charge in [-0.25, -0.2) is 0 Å². The number of carbonyl (C=O) groups excluding carboxylic acids is 1. The first kappa shape index (κ1) is 12.2. The molecule has 7 heteroatoms. The Morgan fingerprint density at radius 3 is 3.11 bits per heavy atom. The third-order valence-electron chi connectivity index (χ3n) is 2.31. The van der Waals surface area contributed by atoms with Gasteiger partial charge in [0.1, 0.15) is 0 Å². The maximum absolute atomic E-state index is 11.8. The summed E-state index contributed by atoms with van der Waals surface area (Å²) >= 11 is 0. The van der Waals surface area contributed by atoms with Gasteiger partial charge in [-0.3, -0.25) is 14.5 Å². The van der Waals surface area contributed by atoms with E-state index in [9.17, 15) is 4.79 Å². The smallest absolute Gasteiger partial charge is 0.273 e. The Morgan fingerprint density at radius 2 is 2.39 bits per heavy atom. The summed E-state index contributed by atoms with van der Waals surface area (Å²) in [5.74, 6) is -0.262. The number of amides is 1. The molecule has 0 aromatic carbocycles. The Bertz CT molecular complexity index is 509. The van der Waals surface area contributed by atoms with Crippen molar-refractivity contribution in [3.63, 3.8) is 0 Å². The minimum Gasteiger partial charge on any atom is -0.346 e. The summed E-state index contributed by atoms with van der Waals surface area (Å²) in [7, 11) is 0. The van der Waals surface area contributed by atoms with Crippen molar-refractivity contribution in [2.75, 3.05) is 6.54 Å². The number of nitrogens with zero attached hydrogens (tertiary/aromatic N) is 4. The van der Waals surface area contributed by atoms with E-state index in [1.165, 1.54) is 0 Å². The van der Waals surface area contributed by atoms with Gasteiger partial charge in [0.25, 0.3) is 5.91 Å². The van der Waals surface area contributed by atoms with Crippen LogP contribution in [0.25, 0.3) is 0 Å². The molecule has 2 rings (SSSR count). The van der Waals surface area contributed by atoms with Crippen molar-refractivity contribution in [2.24, 2.45) is 5.73 Å². The first-order valence-corrected chi connectivity index (χ1v) is 5.57. The van der Waals surface area contributed by atoms with Crippen LogP contribution in [0.2, 0.25) is 0 Å². The molecule has 7 nitrogen and oxygen atoms in total. The van der Waals surface area contributed by atoms with Crippen molar-refractivity contribution in [1.82, 2.24) is 25.3 Å². The summed E-state index contributed by atoms with van der Waals surface area (Å²) in [6.45, 7) is 1.42. The molecule has 0 fully saturated rings. The van der Waals surface area contributed by atoms with E-state index in [-0.39, 0.29) is 11.6 Å². The van der Waals surface area contributed by atoms with Crippen LogP contribution in [0.4, 0.5) is 0 Å². The normalized spacial score (nSPS) is 10.3. The fourth-order valence-corrected chi connectivity index (χ4v) is 1.42. The lowest BCUT2D eigenvalue weighted by molar-refractivity contribution is 0.0946. The van der Waals surface area contributed by atoms with Crippen LogP contribution in [-0.2, 0) is 13.1 Å². The monoisotopic (exact) mass is 246 g/mol. The van der Waals surface area contributed by atoms with Crippen LogP contribution >= 0.6 is 0 Å². The van der Waals surface area contributed by atoms with Crippen LogP contribution in [0.15, 0.2) is 30.7 Å². The number of nitrogens with two attached hydrogens (primary N) is 1. The van der Waals surface area contributed by atoms with Gasteiger partial charge in [0.2, 0.25) is 0 Å². The van der Waals surface area contributed by atoms with Gasteiger partial charge in [-0.15, -0.1) is 5.10 Å². The summed E-state index contributed by atoms with van der Waals surface area (Å²) in [6.07, 6.45) is 4.96. The highest BCUT2D eigenvalue weighted by Crippen LogP contribution is 1.97. The number of nitrogens with one attached hydrogen (secondary N) is 1. The van der Waals surface area contributed by atoms with Crippen molar-refractivity contribution >= 4 is 5.91 Å². The molecule has 2 aromatic heterocycles. The first-order valence-electron chi connectivity index (χ1n) is 5.57. The van der Waals surface area contributed by atoms with Gasteiger partial charge in [-0.05, 0) is 11.6 Å². The van der Waals surface area contributed by atoms with Crippen molar-refractivity contribution in [3.8, 4) is 0 Å². The average Bonchev–Trinajstić information content (AvgIpc) is 2.86. The Balaban J connectivity index is 1.91. The number of rotatable bonds is 5. The molecule has 0 bridgehead atoms. The van der Waals surface area contributed by atoms with Crippen LogP contribution in [0.5, 0.6) is 0 Å². The second kappa shape index (κ2) is 5.87. The van der Waals surface area contributed by atoms with Crippen LogP contribution in [0.1, 0.15) is 16.1 Å². The molecular formula is C11H14N6O. The third kappa shape index (κ3) is 3.11. The van der Waals surface area contributed by atoms with Crippen molar-refractivity contribution < 1.29 is 4.79 Å². The Labute approximate surface area is 104 Å². The molecule has 0 saturated heterocycles. The minimum atomic E-state index is -0.262. The summed E-state index contributed by atoms with van der Waals surface area (Å²) in [4.78, 5) is 15.7. The second-order valence-electron chi connectivity index (χ2n) is 3.70. The molecule has 0 aliphatic carbocycles. The van der Waals surface area contributed by atoms with Crippen molar-refractivity contribution in [3.05, 3.63) is 42.0 Å². The number of aromatic nitrogens is 4. The molecule has 0 unspecified atom stereocenters. The van der Waals surface area contributed by atoms with E-state index in [1.54, 1.807) is 23.3 Å². The average molecular weight is 246 g/mol. The SMILES string of the molecule is NCCn1cc(C(=O)NCc2cccnc2)nn1. The van der Waals surface area contributed by atoms with E-state index in [2.05, 4.69) is 20.6 Å². The maximum atomic E-state index is 11.8. The molecule has 2 heterocycles. The molecular weight excluding hydrogens is 232 g/mol. The predicted octanol–water partition coefficient (Wildman–Crippen LogP) is -0.438. The molecule has 0 saturated carbocycles. The van der Waals surface area contributed by atoms with Crippen LogP contribution in [0.3, 0.4) is 0 Å². The zero-order valence-corrected chi connectivity index (χ0v) is 9.78. The summed E-state index contributed by atoms with van der Waals surface area (Å²) in [5, 5.41) is 10.3. The molecule has 0 aliphatic rings. The minimum absolute atomic E-state index is 0.262. The molecule has 0 atom stereocenters. The zero-order valence-electron chi connectivity index (χ0n) is 9.78. The van der Waals surface area contributed by atoms with Crippen LogP contribution < -0.4 is 11.1 Å². The number of hydrogen-bond donors (Lipinski definition) is 2. The highest BCUT2D eigenvalue weighted by molar-refractivity contribution is 5.91. The van der Waals surface area contributed by atoms with Gasteiger partial charge in [0, 0.05) is 25.5 Å². The lowest BCUT2D eigenvalue weighted by Crippen LogP contribution is -2.23. The second-order valence-corrected chi connectivity index (χ2v) is 3.70. The molecule has 94 valence electrons. The van der Waals surface area contributed by atoms with Crippen LogP contribution in [-0.4, -0.2) is 32.4 Å². The first-order chi connectivity index (χ1) is 8.79. The Hall–Kier alpha value is -2.28. The topological polar surface area (TPSA) is 98.7 Å². The fraction of sp³-hybridized carbons (Fsp3) is 0.273.